The van der Waals surface area contributed by atoms with Gasteiger partial charge < -0.3 is 15.4 Å². The van der Waals surface area contributed by atoms with E-state index in [0.29, 0.717) is 17.9 Å². The minimum Gasteiger partial charge on any atom is -0.380 e. The summed E-state index contributed by atoms with van der Waals surface area (Å²) >= 11 is 0. The quantitative estimate of drug-likeness (QED) is 0.855. The highest BCUT2D eigenvalue weighted by molar-refractivity contribution is 6.04. The molecule has 5 nitrogen and oxygen atoms in total. The molecule has 1 saturated carbocycles. The van der Waals surface area contributed by atoms with E-state index in [2.05, 4.69) is 10.6 Å². The Bertz CT molecular complexity index is 737. The van der Waals surface area contributed by atoms with Crippen molar-refractivity contribution < 1.29 is 14.3 Å². The van der Waals surface area contributed by atoms with Crippen LogP contribution in [0.1, 0.15) is 28.8 Å². The summed E-state index contributed by atoms with van der Waals surface area (Å²) in [5.74, 6) is 0.0270. The van der Waals surface area contributed by atoms with Gasteiger partial charge in [0, 0.05) is 30.0 Å². The number of ether oxygens (including phenoxy) is 1. The molecule has 0 saturated heterocycles. The number of hydrogen-bond donors (Lipinski definition) is 2. The van der Waals surface area contributed by atoms with E-state index >= 15 is 0 Å². The highest BCUT2D eigenvalue weighted by Gasteiger charge is 2.29. The fourth-order valence-electron chi connectivity index (χ4n) is 2.40. The van der Waals surface area contributed by atoms with Crippen LogP contribution in [0.5, 0.6) is 0 Å². The molecule has 0 bridgehead atoms. The van der Waals surface area contributed by atoms with Gasteiger partial charge in [-0.25, -0.2) is 0 Å². The summed E-state index contributed by atoms with van der Waals surface area (Å²) in [5, 5.41) is 5.72. The standard InChI is InChI=1S/C19H20N2O3/c1-24-12-13-3-2-4-17(11-13)21-19(23)15-7-9-16(10-8-15)20-18(22)14-5-6-14/h2-4,7-11,14H,5-6,12H2,1H3,(H,20,22)(H,21,23). The van der Waals surface area contributed by atoms with Crippen molar-refractivity contribution in [1.82, 2.24) is 0 Å². The Hall–Kier alpha value is -2.66. The predicted molar refractivity (Wildman–Crippen MR) is 92.9 cm³/mol. The van der Waals surface area contributed by atoms with Gasteiger partial charge in [0.15, 0.2) is 0 Å². The maximum Gasteiger partial charge on any atom is 0.255 e. The minimum absolute atomic E-state index is 0.0576. The first-order chi connectivity index (χ1) is 11.7. The SMILES string of the molecule is COCc1cccc(NC(=O)c2ccc(NC(=O)C3CC3)cc2)c1. The molecule has 0 spiro atoms. The molecular weight excluding hydrogens is 304 g/mol. The first kappa shape index (κ1) is 16.2. The van der Waals surface area contributed by atoms with Crippen molar-refractivity contribution in [3.63, 3.8) is 0 Å². The van der Waals surface area contributed by atoms with Crippen molar-refractivity contribution >= 4 is 23.2 Å². The average Bonchev–Trinajstić information content (AvgIpc) is 3.41. The van der Waals surface area contributed by atoms with Gasteiger partial charge in [-0.05, 0) is 54.8 Å². The van der Waals surface area contributed by atoms with Gasteiger partial charge in [0.05, 0.1) is 6.61 Å². The lowest BCUT2D eigenvalue weighted by Crippen LogP contribution is -2.14. The van der Waals surface area contributed by atoms with Crippen LogP contribution in [-0.4, -0.2) is 18.9 Å². The Kier molecular flexibility index (Phi) is 4.91. The van der Waals surface area contributed by atoms with E-state index in [0.717, 1.165) is 24.1 Å². The van der Waals surface area contributed by atoms with E-state index in [4.69, 9.17) is 4.74 Å². The van der Waals surface area contributed by atoms with Crippen LogP contribution < -0.4 is 10.6 Å². The molecule has 0 atom stereocenters. The van der Waals surface area contributed by atoms with Gasteiger partial charge in [-0.15, -0.1) is 0 Å². The number of hydrogen-bond acceptors (Lipinski definition) is 3. The number of methoxy groups -OCH3 is 1. The molecule has 1 fully saturated rings. The van der Waals surface area contributed by atoms with E-state index in [1.54, 1.807) is 31.4 Å². The largest absolute Gasteiger partial charge is 0.380 e. The van der Waals surface area contributed by atoms with Crippen LogP contribution in [0.4, 0.5) is 11.4 Å². The maximum atomic E-state index is 12.3. The number of rotatable bonds is 6. The van der Waals surface area contributed by atoms with Gasteiger partial charge in [0.1, 0.15) is 0 Å². The van der Waals surface area contributed by atoms with Gasteiger partial charge in [0.2, 0.25) is 5.91 Å². The van der Waals surface area contributed by atoms with Crippen molar-refractivity contribution in [1.29, 1.82) is 0 Å². The Morgan fingerprint density at radius 1 is 1.04 bits per heavy atom. The molecule has 2 aromatic rings. The molecule has 24 heavy (non-hydrogen) atoms. The van der Waals surface area contributed by atoms with Gasteiger partial charge in [-0.2, -0.15) is 0 Å². The normalized spacial score (nSPS) is 13.4. The predicted octanol–water partition coefficient (Wildman–Crippen LogP) is 3.43. The Morgan fingerprint density at radius 2 is 1.79 bits per heavy atom. The minimum atomic E-state index is -0.190. The molecule has 2 N–H and O–H groups in total. The lowest BCUT2D eigenvalue weighted by Gasteiger charge is -2.08. The zero-order chi connectivity index (χ0) is 16.9. The summed E-state index contributed by atoms with van der Waals surface area (Å²) in [4.78, 5) is 24.0. The van der Waals surface area contributed by atoms with Crippen LogP contribution in [0.25, 0.3) is 0 Å². The third-order valence-corrected chi connectivity index (χ3v) is 3.86. The van der Waals surface area contributed by atoms with Crippen LogP contribution in [0.3, 0.4) is 0 Å². The first-order valence-corrected chi connectivity index (χ1v) is 7.96. The monoisotopic (exact) mass is 324 g/mol. The molecule has 2 aromatic carbocycles. The zero-order valence-electron chi connectivity index (χ0n) is 13.5. The van der Waals surface area contributed by atoms with Crippen LogP contribution in [0.2, 0.25) is 0 Å². The molecule has 5 heteroatoms. The fraction of sp³-hybridized carbons (Fsp3) is 0.263. The molecule has 0 aromatic heterocycles. The Morgan fingerprint density at radius 3 is 2.46 bits per heavy atom. The topological polar surface area (TPSA) is 67.4 Å². The third kappa shape index (κ3) is 4.20. The number of amides is 2. The molecule has 0 heterocycles. The van der Waals surface area contributed by atoms with Gasteiger partial charge in [0.25, 0.3) is 5.91 Å². The molecule has 1 aliphatic carbocycles. The van der Waals surface area contributed by atoms with Crippen LogP contribution >= 0.6 is 0 Å². The van der Waals surface area contributed by atoms with E-state index in [9.17, 15) is 9.59 Å². The van der Waals surface area contributed by atoms with Crippen LogP contribution in [0.15, 0.2) is 48.5 Å². The summed E-state index contributed by atoms with van der Waals surface area (Å²) in [5.41, 5.74) is 2.97. The summed E-state index contributed by atoms with van der Waals surface area (Å²) in [6.45, 7) is 0.499. The molecule has 2 amide bonds. The average molecular weight is 324 g/mol. The van der Waals surface area contributed by atoms with Crippen molar-refractivity contribution in [3.8, 4) is 0 Å². The number of carbonyl (C=O) groups is 2. The summed E-state index contributed by atoms with van der Waals surface area (Å²) in [6.07, 6.45) is 1.93. The van der Waals surface area contributed by atoms with Crippen molar-refractivity contribution in [2.75, 3.05) is 17.7 Å². The molecule has 1 aliphatic rings. The molecule has 0 unspecified atom stereocenters. The molecule has 3 rings (SSSR count). The molecule has 0 aliphatic heterocycles. The van der Waals surface area contributed by atoms with E-state index in [1.807, 2.05) is 24.3 Å². The molecule has 0 radical (unpaired) electrons. The zero-order valence-corrected chi connectivity index (χ0v) is 13.5. The Labute approximate surface area is 141 Å². The first-order valence-electron chi connectivity index (χ1n) is 7.96. The highest BCUT2D eigenvalue weighted by Crippen LogP contribution is 2.30. The van der Waals surface area contributed by atoms with Gasteiger partial charge >= 0.3 is 0 Å². The second kappa shape index (κ2) is 7.27. The van der Waals surface area contributed by atoms with Crippen molar-refractivity contribution in [3.05, 3.63) is 59.7 Å². The van der Waals surface area contributed by atoms with Crippen LogP contribution in [0, 0.1) is 5.92 Å². The van der Waals surface area contributed by atoms with Crippen LogP contribution in [-0.2, 0) is 16.1 Å². The second-order valence-electron chi connectivity index (χ2n) is 5.93. The lowest BCUT2D eigenvalue weighted by molar-refractivity contribution is -0.117. The summed E-state index contributed by atoms with van der Waals surface area (Å²) in [7, 11) is 1.63. The second-order valence-corrected chi connectivity index (χ2v) is 5.93. The molecular formula is C19H20N2O3. The lowest BCUT2D eigenvalue weighted by atomic mass is 10.1. The van der Waals surface area contributed by atoms with Crippen molar-refractivity contribution in [2.24, 2.45) is 5.92 Å². The number of nitrogens with one attached hydrogen (secondary N) is 2. The highest BCUT2D eigenvalue weighted by atomic mass is 16.5. The Balaban J connectivity index is 1.62. The fourth-order valence-corrected chi connectivity index (χ4v) is 2.40. The van der Waals surface area contributed by atoms with Gasteiger partial charge in [-0.3, -0.25) is 9.59 Å². The summed E-state index contributed by atoms with van der Waals surface area (Å²) in [6, 6.07) is 14.4. The maximum absolute atomic E-state index is 12.3. The van der Waals surface area contributed by atoms with Gasteiger partial charge in [-0.1, -0.05) is 12.1 Å². The van der Waals surface area contributed by atoms with E-state index in [1.165, 1.54) is 0 Å². The van der Waals surface area contributed by atoms with E-state index < -0.39 is 0 Å². The third-order valence-electron chi connectivity index (χ3n) is 3.86. The number of benzene rings is 2. The number of carbonyl (C=O) groups excluding carboxylic acids is 2. The summed E-state index contributed by atoms with van der Waals surface area (Å²) < 4.78 is 5.09. The molecule has 124 valence electrons. The smallest absolute Gasteiger partial charge is 0.255 e. The number of anilines is 2. The van der Waals surface area contributed by atoms with Crippen molar-refractivity contribution in [2.45, 2.75) is 19.4 Å². The van der Waals surface area contributed by atoms with E-state index in [-0.39, 0.29) is 17.7 Å².